The second-order valence-corrected chi connectivity index (χ2v) is 16.8. The lowest BCUT2D eigenvalue weighted by Crippen LogP contribution is -2.55. The number of fused-ring (bicyclic) bond motifs is 1. The minimum Gasteiger partial charge on any atom is -0.465 e. The van der Waals surface area contributed by atoms with Crippen LogP contribution < -0.4 is 0 Å². The summed E-state index contributed by atoms with van der Waals surface area (Å²) in [5.74, 6) is -0.00904. The van der Waals surface area contributed by atoms with E-state index in [0.717, 1.165) is 54.8 Å². The third-order valence-electron chi connectivity index (χ3n) is 9.25. The molecule has 0 spiro atoms. The van der Waals surface area contributed by atoms with Gasteiger partial charge >= 0.3 is 12.3 Å². The summed E-state index contributed by atoms with van der Waals surface area (Å²) in [5.41, 5.74) is -1.24. The lowest BCUT2D eigenvalue weighted by atomic mass is 9.72. The quantitative estimate of drug-likeness (QED) is 0.334. The van der Waals surface area contributed by atoms with Crippen LogP contribution in [0.5, 0.6) is 0 Å². The molecule has 242 valence electrons. The van der Waals surface area contributed by atoms with Gasteiger partial charge in [0, 0.05) is 32.7 Å². The average molecular weight is 630 g/mol. The average Bonchev–Trinajstić information content (AvgIpc) is 3.45. The van der Waals surface area contributed by atoms with Crippen LogP contribution >= 0.6 is 0 Å². The molecule has 0 bridgehead atoms. The number of benzene rings is 1. The molecule has 4 atom stereocenters. The molecule has 2 saturated carbocycles. The third-order valence-corrected chi connectivity index (χ3v) is 11.1. The van der Waals surface area contributed by atoms with Crippen molar-refractivity contribution in [3.63, 3.8) is 0 Å². The number of rotatable bonds is 10. The number of nitrogens with zero attached hydrogens (tertiary/aromatic N) is 3. The van der Waals surface area contributed by atoms with Crippen molar-refractivity contribution < 1.29 is 36.3 Å². The molecular formula is C31H46F3N3O5S. The van der Waals surface area contributed by atoms with Crippen LogP contribution in [0, 0.1) is 28.6 Å². The fourth-order valence-corrected chi connectivity index (χ4v) is 8.99. The number of carboxylic acid groups (broad SMARTS) is 1. The molecule has 3 aliphatic rings. The standard InChI is InChI=1S/C31H46F3N3O5S/c1-29(2,3)19-30(4,5)15-26(35(6)28(39)40)27(38)37(16-20-7-8-20)25-14-9-21-17-36(18-24(21)25)43(41,42)23-12-10-22(11-13-23)31(32,33)34/h10-13,20-21,24-26H,7-9,14-19H2,1-6H3,(H,39,40)/t21-,24+,25+,26+/m1/s1. The minimum absolute atomic E-state index is 0.0108. The van der Waals surface area contributed by atoms with Crippen molar-refractivity contribution >= 4 is 22.0 Å². The van der Waals surface area contributed by atoms with Crippen LogP contribution in [-0.4, -0.2) is 78.4 Å². The second kappa shape index (κ2) is 11.9. The number of carbonyl (C=O) groups is 2. The summed E-state index contributed by atoms with van der Waals surface area (Å²) >= 11 is 0. The molecular weight excluding hydrogens is 583 g/mol. The van der Waals surface area contributed by atoms with Crippen LogP contribution in [-0.2, 0) is 21.0 Å². The second-order valence-electron chi connectivity index (χ2n) is 14.9. The largest absolute Gasteiger partial charge is 0.465 e. The normalized spacial score (nSPS) is 24.1. The van der Waals surface area contributed by atoms with E-state index in [1.165, 1.54) is 11.4 Å². The molecule has 43 heavy (non-hydrogen) atoms. The number of likely N-dealkylation sites (N-methyl/N-ethyl adjacent to an activating group) is 1. The van der Waals surface area contributed by atoms with Gasteiger partial charge in [0.05, 0.1) is 10.5 Å². The highest BCUT2D eigenvalue weighted by Crippen LogP contribution is 2.45. The van der Waals surface area contributed by atoms with Crippen LogP contribution in [0.1, 0.15) is 78.7 Å². The highest BCUT2D eigenvalue weighted by atomic mass is 32.2. The Kier molecular flexibility index (Phi) is 9.26. The van der Waals surface area contributed by atoms with Gasteiger partial charge < -0.3 is 10.0 Å². The molecule has 1 N–H and O–H groups in total. The van der Waals surface area contributed by atoms with Gasteiger partial charge in [-0.15, -0.1) is 0 Å². The van der Waals surface area contributed by atoms with E-state index in [9.17, 15) is 36.3 Å². The van der Waals surface area contributed by atoms with E-state index in [0.29, 0.717) is 25.3 Å². The van der Waals surface area contributed by atoms with Crippen molar-refractivity contribution in [1.29, 1.82) is 0 Å². The van der Waals surface area contributed by atoms with Crippen molar-refractivity contribution in [2.45, 2.75) is 96.3 Å². The van der Waals surface area contributed by atoms with E-state index < -0.39 is 33.9 Å². The van der Waals surface area contributed by atoms with E-state index in [1.807, 2.05) is 4.90 Å². The number of amides is 2. The number of hydrogen-bond acceptors (Lipinski definition) is 4. The fraction of sp³-hybridized carbons (Fsp3) is 0.742. The van der Waals surface area contributed by atoms with Crippen LogP contribution in [0.4, 0.5) is 18.0 Å². The highest BCUT2D eigenvalue weighted by Gasteiger charge is 2.51. The molecule has 4 rings (SSSR count). The topological polar surface area (TPSA) is 98.2 Å². The summed E-state index contributed by atoms with van der Waals surface area (Å²) in [5, 5.41) is 9.94. The van der Waals surface area contributed by atoms with Crippen molar-refractivity contribution in [1.82, 2.24) is 14.1 Å². The van der Waals surface area contributed by atoms with Gasteiger partial charge in [0.2, 0.25) is 15.9 Å². The van der Waals surface area contributed by atoms with Gasteiger partial charge in [0.1, 0.15) is 6.04 Å². The SMILES string of the molecule is CN(C(=O)O)[C@@H](CC(C)(C)CC(C)(C)C)C(=O)N(CC1CC1)[C@H]1CC[C@@H]2CN(S(=O)(=O)c3ccc(C(F)(F)F)cc3)C[C@@H]21. The van der Waals surface area contributed by atoms with Gasteiger partial charge in [0.15, 0.2) is 0 Å². The number of carbonyl (C=O) groups excluding carboxylic acids is 1. The van der Waals surface area contributed by atoms with Gasteiger partial charge in [-0.1, -0.05) is 34.6 Å². The maximum absolute atomic E-state index is 14.4. The Bertz CT molecular complexity index is 1290. The first-order valence-electron chi connectivity index (χ1n) is 15.1. The lowest BCUT2D eigenvalue weighted by molar-refractivity contribution is -0.141. The molecule has 1 aromatic carbocycles. The van der Waals surface area contributed by atoms with Crippen LogP contribution in [0.3, 0.4) is 0 Å². The zero-order chi connectivity index (χ0) is 32.1. The van der Waals surface area contributed by atoms with Crippen LogP contribution in [0.25, 0.3) is 0 Å². The Labute approximate surface area is 253 Å². The maximum Gasteiger partial charge on any atom is 0.416 e. The molecule has 0 unspecified atom stereocenters. The van der Waals surface area contributed by atoms with Crippen molar-refractivity contribution in [3.05, 3.63) is 29.8 Å². The molecule has 2 aliphatic carbocycles. The predicted octanol–water partition coefficient (Wildman–Crippen LogP) is 6.17. The third kappa shape index (κ3) is 7.85. The molecule has 3 fully saturated rings. The minimum atomic E-state index is -4.56. The summed E-state index contributed by atoms with van der Waals surface area (Å²) < 4.78 is 67.4. The molecule has 12 heteroatoms. The number of hydrogen-bond donors (Lipinski definition) is 1. The number of halogens is 3. The molecule has 1 aromatic rings. The summed E-state index contributed by atoms with van der Waals surface area (Å²) in [6, 6.07) is 2.45. The Hall–Kier alpha value is -2.34. The first kappa shape index (κ1) is 33.6. The number of sulfonamides is 1. The maximum atomic E-state index is 14.4. The summed E-state index contributed by atoms with van der Waals surface area (Å²) in [6.45, 7) is 11.4. The van der Waals surface area contributed by atoms with Crippen LogP contribution in [0.2, 0.25) is 0 Å². The predicted molar refractivity (Wildman–Crippen MR) is 157 cm³/mol. The van der Waals surface area contributed by atoms with E-state index in [4.69, 9.17) is 0 Å². The summed E-state index contributed by atoms with van der Waals surface area (Å²) in [6.07, 6.45) is -1.16. The molecule has 0 aromatic heterocycles. The van der Waals surface area contributed by atoms with Gasteiger partial charge in [-0.2, -0.15) is 17.5 Å². The Morgan fingerprint density at radius 1 is 1.00 bits per heavy atom. The van der Waals surface area contributed by atoms with E-state index >= 15 is 0 Å². The molecule has 8 nitrogen and oxygen atoms in total. The van der Waals surface area contributed by atoms with Gasteiger partial charge in [-0.3, -0.25) is 9.69 Å². The monoisotopic (exact) mass is 629 g/mol. The zero-order valence-electron chi connectivity index (χ0n) is 26.0. The molecule has 0 radical (unpaired) electrons. The number of alkyl halides is 3. The highest BCUT2D eigenvalue weighted by molar-refractivity contribution is 7.89. The van der Waals surface area contributed by atoms with Gasteiger partial charge in [-0.25, -0.2) is 13.2 Å². The molecule has 1 heterocycles. The molecule has 1 saturated heterocycles. The first-order chi connectivity index (χ1) is 19.7. The van der Waals surface area contributed by atoms with Crippen LogP contribution in [0.15, 0.2) is 29.2 Å². The van der Waals surface area contributed by atoms with E-state index in [2.05, 4.69) is 34.6 Å². The van der Waals surface area contributed by atoms with E-state index in [1.54, 1.807) is 0 Å². The zero-order valence-corrected chi connectivity index (χ0v) is 26.8. The van der Waals surface area contributed by atoms with Gasteiger partial charge in [0.25, 0.3) is 0 Å². The Morgan fingerprint density at radius 2 is 1.60 bits per heavy atom. The lowest BCUT2D eigenvalue weighted by Gasteiger charge is -2.41. The Morgan fingerprint density at radius 3 is 2.12 bits per heavy atom. The summed E-state index contributed by atoms with van der Waals surface area (Å²) in [7, 11) is -2.59. The van der Waals surface area contributed by atoms with Gasteiger partial charge in [-0.05, 0) is 91.4 Å². The Balaban J connectivity index is 1.57. The van der Waals surface area contributed by atoms with Crippen molar-refractivity contribution in [2.24, 2.45) is 28.6 Å². The molecule has 2 amide bonds. The molecule has 1 aliphatic heterocycles. The first-order valence-corrected chi connectivity index (χ1v) is 16.6. The summed E-state index contributed by atoms with van der Waals surface area (Å²) in [4.78, 5) is 29.3. The van der Waals surface area contributed by atoms with Crippen molar-refractivity contribution in [2.75, 3.05) is 26.7 Å². The smallest absolute Gasteiger partial charge is 0.416 e. The van der Waals surface area contributed by atoms with Crippen molar-refractivity contribution in [3.8, 4) is 0 Å². The van der Waals surface area contributed by atoms with E-state index in [-0.39, 0.29) is 52.6 Å². The fourth-order valence-electron chi connectivity index (χ4n) is 7.46.